The number of amides is 1. The van der Waals surface area contributed by atoms with Crippen LogP contribution >= 0.6 is 0 Å². The molecule has 0 aromatic carbocycles. The Balaban J connectivity index is 2.07. The van der Waals surface area contributed by atoms with Gasteiger partial charge in [-0.15, -0.1) is 0 Å². The maximum Gasteiger partial charge on any atom is 0.253 e. The standard InChI is InChI=1S/C11H14N2O4S/c1-18(16,17)10-5-2-7(6-12-10)11(15)13-8-3-4-9(8)14/h2,5-6,8-9,14H,3-4H2,1H3,(H,13,15)/t8-,9-/m1/s1. The first-order valence-corrected chi connectivity index (χ1v) is 7.42. The van der Waals surface area contributed by atoms with Gasteiger partial charge in [0.2, 0.25) is 0 Å². The lowest BCUT2D eigenvalue weighted by atomic mass is 9.89. The second-order valence-corrected chi connectivity index (χ2v) is 6.34. The zero-order chi connectivity index (χ0) is 13.3. The minimum absolute atomic E-state index is 0.0669. The van der Waals surface area contributed by atoms with Crippen molar-refractivity contribution in [2.24, 2.45) is 0 Å². The molecule has 1 heterocycles. The highest BCUT2D eigenvalue weighted by atomic mass is 32.2. The van der Waals surface area contributed by atoms with Crippen molar-refractivity contribution in [1.82, 2.24) is 10.3 Å². The predicted octanol–water partition coefficient (Wildman–Crippen LogP) is -0.262. The summed E-state index contributed by atoms with van der Waals surface area (Å²) in [4.78, 5) is 15.5. The van der Waals surface area contributed by atoms with Gasteiger partial charge in [-0.2, -0.15) is 0 Å². The maximum absolute atomic E-state index is 11.7. The lowest BCUT2D eigenvalue weighted by Gasteiger charge is -2.32. The van der Waals surface area contributed by atoms with Gasteiger partial charge in [-0.1, -0.05) is 0 Å². The Hall–Kier alpha value is -1.47. The van der Waals surface area contributed by atoms with Crippen molar-refractivity contribution in [2.45, 2.75) is 30.0 Å². The number of pyridine rings is 1. The summed E-state index contributed by atoms with van der Waals surface area (Å²) in [6.07, 6.45) is 3.23. The molecular formula is C11H14N2O4S. The molecule has 0 bridgehead atoms. The van der Waals surface area contributed by atoms with Crippen LogP contribution < -0.4 is 5.32 Å². The van der Waals surface area contributed by atoms with Gasteiger partial charge in [0.1, 0.15) is 0 Å². The van der Waals surface area contributed by atoms with E-state index in [9.17, 15) is 18.3 Å². The summed E-state index contributed by atoms with van der Waals surface area (Å²) in [5.74, 6) is -0.355. The van der Waals surface area contributed by atoms with Gasteiger partial charge in [-0.3, -0.25) is 4.79 Å². The molecule has 1 aromatic heterocycles. The quantitative estimate of drug-likeness (QED) is 0.788. The molecule has 2 rings (SSSR count). The molecule has 7 heteroatoms. The highest BCUT2D eigenvalue weighted by molar-refractivity contribution is 7.90. The van der Waals surface area contributed by atoms with Gasteiger partial charge in [0.05, 0.1) is 17.7 Å². The van der Waals surface area contributed by atoms with Crippen LogP contribution in [0.25, 0.3) is 0 Å². The van der Waals surface area contributed by atoms with Crippen molar-refractivity contribution in [2.75, 3.05) is 6.26 Å². The topological polar surface area (TPSA) is 96.4 Å². The number of aromatic nitrogens is 1. The molecule has 0 spiro atoms. The summed E-state index contributed by atoms with van der Waals surface area (Å²) >= 11 is 0. The third-order valence-corrected chi connectivity index (χ3v) is 3.93. The number of aliphatic hydroxyl groups is 1. The highest BCUT2D eigenvalue weighted by Gasteiger charge is 2.30. The largest absolute Gasteiger partial charge is 0.391 e. The lowest BCUT2D eigenvalue weighted by molar-refractivity contribution is 0.0447. The molecule has 2 atom stereocenters. The molecule has 1 fully saturated rings. The summed E-state index contributed by atoms with van der Waals surface area (Å²) in [6, 6.07) is 2.48. The van der Waals surface area contributed by atoms with Crippen molar-refractivity contribution < 1.29 is 18.3 Å². The fourth-order valence-electron chi connectivity index (χ4n) is 1.64. The van der Waals surface area contributed by atoms with Crippen LogP contribution in [0.5, 0.6) is 0 Å². The van der Waals surface area contributed by atoms with Crippen LogP contribution in [-0.2, 0) is 9.84 Å². The summed E-state index contributed by atoms with van der Waals surface area (Å²) in [6.45, 7) is 0. The number of nitrogens with one attached hydrogen (secondary N) is 1. The summed E-state index contributed by atoms with van der Waals surface area (Å²) in [7, 11) is -3.35. The van der Waals surface area contributed by atoms with Gasteiger partial charge in [-0.05, 0) is 25.0 Å². The van der Waals surface area contributed by atoms with E-state index in [1.54, 1.807) is 0 Å². The minimum Gasteiger partial charge on any atom is -0.391 e. The third kappa shape index (κ3) is 2.68. The number of carbonyl (C=O) groups is 1. The van der Waals surface area contributed by atoms with E-state index in [2.05, 4.69) is 10.3 Å². The van der Waals surface area contributed by atoms with Gasteiger partial charge >= 0.3 is 0 Å². The van der Waals surface area contributed by atoms with E-state index in [0.29, 0.717) is 6.42 Å². The van der Waals surface area contributed by atoms with Crippen molar-refractivity contribution in [3.8, 4) is 0 Å². The fourth-order valence-corrected chi connectivity index (χ4v) is 2.20. The Morgan fingerprint density at radius 3 is 2.56 bits per heavy atom. The molecular weight excluding hydrogens is 256 g/mol. The summed E-state index contributed by atoms with van der Waals surface area (Å²) < 4.78 is 22.4. The van der Waals surface area contributed by atoms with Crippen LogP contribution in [0.15, 0.2) is 23.4 Å². The molecule has 98 valence electrons. The SMILES string of the molecule is CS(=O)(=O)c1ccc(C(=O)N[C@@H]2CC[C@H]2O)cn1. The van der Waals surface area contributed by atoms with Gasteiger partial charge in [0.15, 0.2) is 14.9 Å². The van der Waals surface area contributed by atoms with Crippen LogP contribution in [0, 0.1) is 0 Å². The average Bonchev–Trinajstić information content (AvgIpc) is 2.33. The van der Waals surface area contributed by atoms with E-state index < -0.39 is 15.9 Å². The van der Waals surface area contributed by atoms with Crippen molar-refractivity contribution in [3.05, 3.63) is 23.9 Å². The summed E-state index contributed by atoms with van der Waals surface area (Å²) in [5, 5.41) is 11.9. The van der Waals surface area contributed by atoms with Crippen molar-refractivity contribution in [1.29, 1.82) is 0 Å². The van der Waals surface area contributed by atoms with E-state index in [1.807, 2.05) is 0 Å². The second kappa shape index (κ2) is 4.66. The van der Waals surface area contributed by atoms with Crippen LogP contribution in [0.4, 0.5) is 0 Å². The van der Waals surface area contributed by atoms with Crippen LogP contribution in [0.2, 0.25) is 0 Å². The van der Waals surface area contributed by atoms with Crippen LogP contribution in [0.3, 0.4) is 0 Å². The number of rotatable bonds is 3. The molecule has 1 amide bonds. The number of hydrogen-bond donors (Lipinski definition) is 2. The van der Waals surface area contributed by atoms with Gasteiger partial charge in [0, 0.05) is 12.5 Å². The van der Waals surface area contributed by atoms with Gasteiger partial charge in [-0.25, -0.2) is 13.4 Å². The molecule has 0 saturated heterocycles. The Kier molecular flexibility index (Phi) is 3.36. The van der Waals surface area contributed by atoms with Gasteiger partial charge in [0.25, 0.3) is 5.91 Å². The van der Waals surface area contributed by atoms with E-state index in [1.165, 1.54) is 18.3 Å². The second-order valence-electron chi connectivity index (χ2n) is 4.38. The normalized spacial score (nSPS) is 23.2. The Morgan fingerprint density at radius 2 is 2.17 bits per heavy atom. The number of hydrogen-bond acceptors (Lipinski definition) is 5. The number of aliphatic hydroxyl groups excluding tert-OH is 1. The molecule has 1 saturated carbocycles. The van der Waals surface area contributed by atoms with Gasteiger partial charge < -0.3 is 10.4 Å². The highest BCUT2D eigenvalue weighted by Crippen LogP contribution is 2.19. The Morgan fingerprint density at radius 1 is 1.44 bits per heavy atom. The Bertz CT molecular complexity index is 553. The molecule has 1 aliphatic carbocycles. The maximum atomic E-state index is 11.7. The van der Waals surface area contributed by atoms with E-state index in [4.69, 9.17) is 0 Å². The fraction of sp³-hybridized carbons (Fsp3) is 0.455. The molecule has 18 heavy (non-hydrogen) atoms. The van der Waals surface area contributed by atoms with Crippen molar-refractivity contribution in [3.63, 3.8) is 0 Å². The lowest BCUT2D eigenvalue weighted by Crippen LogP contribution is -2.50. The monoisotopic (exact) mass is 270 g/mol. The Labute approximate surface area is 105 Å². The zero-order valence-corrected chi connectivity index (χ0v) is 10.6. The molecule has 0 unspecified atom stereocenters. The molecule has 0 aliphatic heterocycles. The van der Waals surface area contributed by atoms with Crippen molar-refractivity contribution >= 4 is 15.7 Å². The minimum atomic E-state index is -3.35. The molecule has 1 aliphatic rings. The summed E-state index contributed by atoms with van der Waals surface area (Å²) in [5.41, 5.74) is 0.279. The number of carbonyl (C=O) groups excluding carboxylic acids is 1. The molecule has 1 aromatic rings. The molecule has 0 radical (unpaired) electrons. The first-order valence-electron chi connectivity index (χ1n) is 5.53. The number of sulfone groups is 1. The smallest absolute Gasteiger partial charge is 0.253 e. The van der Waals surface area contributed by atoms with Crippen LogP contribution in [-0.4, -0.2) is 42.8 Å². The third-order valence-electron chi connectivity index (χ3n) is 2.93. The molecule has 6 nitrogen and oxygen atoms in total. The number of nitrogens with zero attached hydrogens (tertiary/aromatic N) is 1. The van der Waals surface area contributed by atoms with E-state index in [-0.39, 0.29) is 22.5 Å². The zero-order valence-electron chi connectivity index (χ0n) is 9.83. The van der Waals surface area contributed by atoms with E-state index in [0.717, 1.165) is 12.7 Å². The first kappa shape index (κ1) is 13.0. The van der Waals surface area contributed by atoms with E-state index >= 15 is 0 Å². The predicted molar refractivity (Wildman–Crippen MR) is 63.8 cm³/mol. The first-order chi connectivity index (χ1) is 8.38. The average molecular weight is 270 g/mol. The molecule has 2 N–H and O–H groups in total. The van der Waals surface area contributed by atoms with Crippen LogP contribution in [0.1, 0.15) is 23.2 Å².